The van der Waals surface area contributed by atoms with Crippen LogP contribution in [-0.2, 0) is 5.75 Å². The van der Waals surface area contributed by atoms with Gasteiger partial charge in [0.15, 0.2) is 0 Å². The van der Waals surface area contributed by atoms with Crippen LogP contribution in [0.3, 0.4) is 0 Å². The van der Waals surface area contributed by atoms with Crippen molar-refractivity contribution in [2.24, 2.45) is 0 Å². The van der Waals surface area contributed by atoms with Crippen molar-refractivity contribution >= 4 is 33.3 Å². The molecule has 0 unspecified atom stereocenters. The van der Waals surface area contributed by atoms with Gasteiger partial charge in [-0.25, -0.2) is 9.37 Å². The van der Waals surface area contributed by atoms with Crippen LogP contribution < -0.4 is 0 Å². The number of thioether (sulfide) groups is 1. The molecule has 0 atom stereocenters. The van der Waals surface area contributed by atoms with Crippen molar-refractivity contribution in [1.82, 2.24) is 4.98 Å². The standard InChI is InChI=1S/C14H10FNS2/c15-10-5-7-11(8-6-10)17-9-14-16-12-3-1-2-4-13(12)18-14/h1-8H,9H2. The van der Waals surface area contributed by atoms with Crippen molar-refractivity contribution in [3.63, 3.8) is 0 Å². The number of halogens is 1. The smallest absolute Gasteiger partial charge is 0.123 e. The highest BCUT2D eigenvalue weighted by Gasteiger charge is 2.03. The highest BCUT2D eigenvalue weighted by atomic mass is 32.2. The fraction of sp³-hybridized carbons (Fsp3) is 0.0714. The number of thiazole rings is 1. The number of aromatic nitrogens is 1. The summed E-state index contributed by atoms with van der Waals surface area (Å²) in [7, 11) is 0. The molecule has 0 aliphatic heterocycles. The molecule has 0 bridgehead atoms. The van der Waals surface area contributed by atoms with Crippen molar-refractivity contribution < 1.29 is 4.39 Å². The second-order valence-corrected chi connectivity index (χ2v) is 5.98. The van der Waals surface area contributed by atoms with Gasteiger partial charge in [-0.05, 0) is 36.4 Å². The number of para-hydroxylation sites is 1. The molecule has 3 rings (SSSR count). The van der Waals surface area contributed by atoms with E-state index in [1.54, 1.807) is 35.2 Å². The monoisotopic (exact) mass is 275 g/mol. The highest BCUT2D eigenvalue weighted by molar-refractivity contribution is 7.98. The Morgan fingerprint density at radius 2 is 1.83 bits per heavy atom. The summed E-state index contributed by atoms with van der Waals surface area (Å²) < 4.78 is 14.0. The van der Waals surface area contributed by atoms with E-state index in [1.165, 1.54) is 16.8 Å². The first-order chi connectivity index (χ1) is 8.81. The number of nitrogens with zero attached hydrogens (tertiary/aromatic N) is 1. The van der Waals surface area contributed by atoms with Gasteiger partial charge in [0.2, 0.25) is 0 Å². The Balaban J connectivity index is 1.74. The molecule has 2 aromatic carbocycles. The van der Waals surface area contributed by atoms with E-state index in [1.807, 2.05) is 18.2 Å². The molecule has 0 N–H and O–H groups in total. The first-order valence-corrected chi connectivity index (χ1v) is 7.34. The molecule has 1 heterocycles. The number of benzene rings is 2. The molecule has 1 nitrogen and oxygen atoms in total. The molecule has 1 aromatic heterocycles. The molecular formula is C14H10FNS2. The van der Waals surface area contributed by atoms with Crippen LogP contribution in [0.4, 0.5) is 4.39 Å². The van der Waals surface area contributed by atoms with Crippen LogP contribution in [0.25, 0.3) is 10.2 Å². The Kier molecular flexibility index (Phi) is 3.30. The molecule has 0 saturated heterocycles. The van der Waals surface area contributed by atoms with Gasteiger partial charge in [0.05, 0.1) is 16.0 Å². The van der Waals surface area contributed by atoms with Crippen LogP contribution in [0.5, 0.6) is 0 Å². The maximum atomic E-state index is 12.8. The van der Waals surface area contributed by atoms with Gasteiger partial charge in [-0.2, -0.15) is 0 Å². The predicted octanol–water partition coefficient (Wildman–Crippen LogP) is 4.73. The zero-order valence-electron chi connectivity index (χ0n) is 9.47. The van der Waals surface area contributed by atoms with E-state index in [0.29, 0.717) is 0 Å². The Bertz CT molecular complexity index is 628. The van der Waals surface area contributed by atoms with Gasteiger partial charge in [-0.15, -0.1) is 23.1 Å². The summed E-state index contributed by atoms with van der Waals surface area (Å²) in [4.78, 5) is 5.63. The summed E-state index contributed by atoms with van der Waals surface area (Å²) in [5.74, 6) is 0.629. The van der Waals surface area contributed by atoms with E-state index in [2.05, 4.69) is 11.1 Å². The minimum atomic E-state index is -0.195. The van der Waals surface area contributed by atoms with Crippen LogP contribution >= 0.6 is 23.1 Å². The van der Waals surface area contributed by atoms with E-state index < -0.39 is 0 Å². The molecule has 4 heteroatoms. The Morgan fingerprint density at radius 1 is 1.06 bits per heavy atom. The van der Waals surface area contributed by atoms with Crippen LogP contribution in [-0.4, -0.2) is 4.98 Å². The average molecular weight is 275 g/mol. The molecule has 0 amide bonds. The third-order valence-corrected chi connectivity index (χ3v) is 4.76. The third-order valence-electron chi connectivity index (χ3n) is 2.51. The minimum absolute atomic E-state index is 0.195. The van der Waals surface area contributed by atoms with Crippen molar-refractivity contribution in [2.75, 3.05) is 0 Å². The fourth-order valence-corrected chi connectivity index (χ4v) is 3.52. The SMILES string of the molecule is Fc1ccc(SCc2nc3ccccc3s2)cc1. The third kappa shape index (κ3) is 2.54. The first kappa shape index (κ1) is 11.7. The van der Waals surface area contributed by atoms with Gasteiger partial charge in [-0.3, -0.25) is 0 Å². The quantitative estimate of drug-likeness (QED) is 0.641. The highest BCUT2D eigenvalue weighted by Crippen LogP contribution is 2.28. The van der Waals surface area contributed by atoms with E-state index >= 15 is 0 Å². The molecule has 90 valence electrons. The maximum Gasteiger partial charge on any atom is 0.123 e. The van der Waals surface area contributed by atoms with Gasteiger partial charge in [0.1, 0.15) is 10.8 Å². The van der Waals surface area contributed by atoms with Crippen LogP contribution in [0.15, 0.2) is 53.4 Å². The molecular weight excluding hydrogens is 265 g/mol. The summed E-state index contributed by atoms with van der Waals surface area (Å²) in [6.45, 7) is 0. The normalized spacial score (nSPS) is 10.9. The lowest BCUT2D eigenvalue weighted by atomic mass is 10.3. The average Bonchev–Trinajstić information content (AvgIpc) is 2.81. The Hall–Kier alpha value is -1.39. The first-order valence-electron chi connectivity index (χ1n) is 5.54. The van der Waals surface area contributed by atoms with Gasteiger partial charge >= 0.3 is 0 Å². The van der Waals surface area contributed by atoms with Gasteiger partial charge in [0.25, 0.3) is 0 Å². The second-order valence-electron chi connectivity index (χ2n) is 3.82. The summed E-state index contributed by atoms with van der Waals surface area (Å²) in [6, 6.07) is 14.7. The van der Waals surface area contributed by atoms with Gasteiger partial charge in [0, 0.05) is 4.90 Å². The zero-order valence-corrected chi connectivity index (χ0v) is 11.1. The number of hydrogen-bond acceptors (Lipinski definition) is 3. The van der Waals surface area contributed by atoms with Crippen molar-refractivity contribution in [1.29, 1.82) is 0 Å². The number of fused-ring (bicyclic) bond motifs is 1. The molecule has 0 aliphatic carbocycles. The van der Waals surface area contributed by atoms with E-state index in [4.69, 9.17) is 0 Å². The van der Waals surface area contributed by atoms with Crippen LogP contribution in [0, 0.1) is 5.82 Å². The predicted molar refractivity (Wildman–Crippen MR) is 75.6 cm³/mol. The second kappa shape index (κ2) is 5.08. The van der Waals surface area contributed by atoms with E-state index in [9.17, 15) is 4.39 Å². The molecule has 3 aromatic rings. The van der Waals surface area contributed by atoms with Crippen molar-refractivity contribution in [3.05, 3.63) is 59.4 Å². The number of rotatable bonds is 3. The van der Waals surface area contributed by atoms with E-state index in [-0.39, 0.29) is 5.82 Å². The topological polar surface area (TPSA) is 12.9 Å². The van der Waals surface area contributed by atoms with E-state index in [0.717, 1.165) is 21.2 Å². The summed E-state index contributed by atoms with van der Waals surface area (Å²) in [5.41, 5.74) is 1.05. The summed E-state index contributed by atoms with van der Waals surface area (Å²) in [6.07, 6.45) is 0. The number of hydrogen-bond donors (Lipinski definition) is 0. The lowest BCUT2D eigenvalue weighted by molar-refractivity contribution is 0.626. The van der Waals surface area contributed by atoms with Gasteiger partial charge in [-0.1, -0.05) is 12.1 Å². The zero-order chi connectivity index (χ0) is 12.4. The molecule has 0 fully saturated rings. The Morgan fingerprint density at radius 3 is 2.61 bits per heavy atom. The minimum Gasteiger partial charge on any atom is -0.240 e. The molecule has 0 spiro atoms. The lowest BCUT2D eigenvalue weighted by Gasteiger charge is -1.98. The summed E-state index contributed by atoms with van der Waals surface area (Å²) >= 11 is 3.39. The molecule has 0 aliphatic rings. The van der Waals surface area contributed by atoms with Crippen LogP contribution in [0.2, 0.25) is 0 Å². The van der Waals surface area contributed by atoms with Crippen molar-refractivity contribution in [2.45, 2.75) is 10.6 Å². The fourth-order valence-electron chi connectivity index (χ4n) is 1.66. The summed E-state index contributed by atoms with van der Waals surface area (Å²) in [5, 5.41) is 1.10. The largest absolute Gasteiger partial charge is 0.240 e. The van der Waals surface area contributed by atoms with Crippen molar-refractivity contribution in [3.8, 4) is 0 Å². The maximum absolute atomic E-state index is 12.8. The molecule has 0 saturated carbocycles. The molecule has 18 heavy (non-hydrogen) atoms. The van der Waals surface area contributed by atoms with Crippen LogP contribution in [0.1, 0.15) is 5.01 Å². The lowest BCUT2D eigenvalue weighted by Crippen LogP contribution is -1.79. The Labute approximate surface area is 113 Å². The molecule has 0 radical (unpaired) electrons. The van der Waals surface area contributed by atoms with Gasteiger partial charge < -0.3 is 0 Å².